The van der Waals surface area contributed by atoms with Crippen molar-refractivity contribution in [3.8, 4) is 0 Å². The maximum absolute atomic E-state index is 13.2. The van der Waals surface area contributed by atoms with Crippen molar-refractivity contribution in [2.45, 2.75) is 19.3 Å². The largest absolute Gasteiger partial charge is 0.465 e. The van der Waals surface area contributed by atoms with E-state index in [1.807, 2.05) is 0 Å². The molecule has 0 saturated heterocycles. The number of carbonyl (C=O) groups is 6. The van der Waals surface area contributed by atoms with E-state index >= 15 is 0 Å². The molecule has 2 aliphatic rings. The van der Waals surface area contributed by atoms with Crippen molar-refractivity contribution in [2.24, 2.45) is 11.8 Å². The molecule has 208 valence electrons. The Hall–Kier alpha value is -4.98. The lowest BCUT2D eigenvalue weighted by Crippen LogP contribution is -2.28. The fourth-order valence-electron chi connectivity index (χ4n) is 4.88. The number of ether oxygens (including phenoxy) is 2. The number of benzene rings is 2. The molecule has 0 amide bonds. The summed E-state index contributed by atoms with van der Waals surface area (Å²) in [4.78, 5) is 73.6. The van der Waals surface area contributed by atoms with Crippen molar-refractivity contribution >= 4 is 36.1 Å². The van der Waals surface area contributed by atoms with Crippen LogP contribution in [-0.4, -0.2) is 50.3 Å². The van der Waals surface area contributed by atoms with E-state index < -0.39 is 23.8 Å². The number of allylic oxidation sites excluding steroid dienone is 8. The first-order chi connectivity index (χ1) is 19.8. The van der Waals surface area contributed by atoms with Gasteiger partial charge in [0.15, 0.2) is 11.6 Å². The average molecular weight is 553 g/mol. The zero-order chi connectivity index (χ0) is 29.5. The van der Waals surface area contributed by atoms with Crippen molar-refractivity contribution in [2.75, 3.05) is 14.2 Å². The molecule has 2 aromatic rings. The van der Waals surface area contributed by atoms with Crippen molar-refractivity contribution in [1.29, 1.82) is 0 Å². The molecule has 0 radical (unpaired) electrons. The third kappa shape index (κ3) is 6.44. The lowest BCUT2D eigenvalue weighted by atomic mass is 9.78. The highest BCUT2D eigenvalue weighted by molar-refractivity contribution is 6.12. The number of aldehydes is 2. The highest BCUT2D eigenvalue weighted by Gasteiger charge is 2.33. The molecule has 0 saturated carbocycles. The number of esters is 2. The molecule has 0 bridgehead atoms. The minimum Gasteiger partial charge on any atom is -0.465 e. The second kappa shape index (κ2) is 12.9. The Labute approximate surface area is 237 Å². The summed E-state index contributed by atoms with van der Waals surface area (Å²) in [5, 5.41) is 0. The van der Waals surface area contributed by atoms with Gasteiger partial charge in [-0.25, -0.2) is 9.59 Å². The molecule has 4 rings (SSSR count). The van der Waals surface area contributed by atoms with Crippen LogP contribution in [0.25, 0.3) is 0 Å². The monoisotopic (exact) mass is 552 g/mol. The summed E-state index contributed by atoms with van der Waals surface area (Å²) in [7, 11) is 2.60. The fourth-order valence-corrected chi connectivity index (χ4v) is 4.88. The van der Waals surface area contributed by atoms with Gasteiger partial charge in [0.05, 0.1) is 37.2 Å². The number of Topliss-reactive ketones (excluding diaryl/α,β-unsaturated/α-hetero) is 2. The summed E-state index contributed by atoms with van der Waals surface area (Å²) >= 11 is 0. The molecule has 0 N–H and O–H groups in total. The molecular formula is C33H28O8. The number of hydrogen-bond donors (Lipinski definition) is 0. The predicted octanol–water partition coefficient (Wildman–Crippen LogP) is 3.94. The van der Waals surface area contributed by atoms with E-state index in [1.54, 1.807) is 72.8 Å². The van der Waals surface area contributed by atoms with Gasteiger partial charge in [-0.05, 0) is 59.4 Å². The van der Waals surface area contributed by atoms with Gasteiger partial charge in [0, 0.05) is 17.6 Å². The molecule has 0 heterocycles. The number of methoxy groups -OCH3 is 2. The predicted molar refractivity (Wildman–Crippen MR) is 149 cm³/mol. The average Bonchev–Trinajstić information content (AvgIpc) is 3.00. The van der Waals surface area contributed by atoms with Gasteiger partial charge < -0.3 is 19.1 Å². The molecule has 41 heavy (non-hydrogen) atoms. The summed E-state index contributed by atoms with van der Waals surface area (Å²) in [5.74, 6) is -3.67. The Balaban J connectivity index is 1.51. The second-order valence-electron chi connectivity index (χ2n) is 9.73. The van der Waals surface area contributed by atoms with Gasteiger partial charge in [0.25, 0.3) is 0 Å². The van der Waals surface area contributed by atoms with E-state index in [-0.39, 0.29) is 18.0 Å². The molecule has 2 atom stereocenters. The Morgan fingerprint density at radius 1 is 0.610 bits per heavy atom. The molecule has 0 spiro atoms. The number of ketones is 2. The summed E-state index contributed by atoms with van der Waals surface area (Å²) in [5.41, 5.74) is 4.26. The van der Waals surface area contributed by atoms with Gasteiger partial charge in [-0.3, -0.25) is 9.59 Å². The zero-order valence-corrected chi connectivity index (χ0v) is 22.6. The van der Waals surface area contributed by atoms with Crippen LogP contribution in [-0.2, 0) is 41.5 Å². The Morgan fingerprint density at radius 2 is 0.976 bits per heavy atom. The van der Waals surface area contributed by atoms with E-state index in [2.05, 4.69) is 0 Å². The summed E-state index contributed by atoms with van der Waals surface area (Å²) in [6.45, 7) is 0. The second-order valence-corrected chi connectivity index (χ2v) is 9.73. The Kier molecular flexibility index (Phi) is 9.14. The topological polar surface area (TPSA) is 121 Å². The number of hydrogen-bond acceptors (Lipinski definition) is 8. The highest BCUT2D eigenvalue weighted by Crippen LogP contribution is 2.31. The Morgan fingerprint density at radius 3 is 1.29 bits per heavy atom. The van der Waals surface area contributed by atoms with E-state index in [9.17, 15) is 28.8 Å². The highest BCUT2D eigenvalue weighted by atomic mass is 16.5. The van der Waals surface area contributed by atoms with Crippen LogP contribution in [0.3, 0.4) is 0 Å². The van der Waals surface area contributed by atoms with E-state index in [4.69, 9.17) is 9.47 Å². The van der Waals surface area contributed by atoms with Crippen molar-refractivity contribution < 1.29 is 38.2 Å². The number of carbonyl (C=O) groups excluding carboxylic acids is 6. The summed E-state index contributed by atoms with van der Waals surface area (Å²) < 4.78 is 9.41. The van der Waals surface area contributed by atoms with E-state index in [0.717, 1.165) is 11.1 Å². The molecule has 8 heteroatoms. The molecule has 0 aromatic heterocycles. The summed E-state index contributed by atoms with van der Waals surface area (Å²) in [6, 6.07) is 13.4. The third-order valence-electron chi connectivity index (χ3n) is 7.21. The minimum atomic E-state index is -0.990. The van der Waals surface area contributed by atoms with Gasteiger partial charge in [-0.2, -0.15) is 0 Å². The van der Waals surface area contributed by atoms with E-state index in [0.29, 0.717) is 58.8 Å². The third-order valence-corrected chi connectivity index (χ3v) is 7.21. The lowest BCUT2D eigenvalue weighted by Gasteiger charge is -2.23. The number of rotatable bonds is 10. The standard InChI is InChI=1S/C33H28O8/c1-40-32(38)22-7-3-20(4-8-22)15-24-11-13-26(30(36)28(24)18-34)17-27-14-12-25(29(19-35)31(27)37)16-21-5-9-23(10-6-21)33(39)41-2/h3-14,18-19,28-29H,15-17H2,1-2H3. The van der Waals surface area contributed by atoms with Gasteiger partial charge in [-0.1, -0.05) is 48.6 Å². The SMILES string of the molecule is COC(=O)c1ccc(CC2=CC=C(CC3=CC=C(Cc4ccc(C(=O)OC)cc4)C(C=O)C3=O)C(=O)C2C=O)cc1. The minimum absolute atomic E-state index is 0.00155. The first-order valence-electron chi connectivity index (χ1n) is 12.9. The van der Waals surface area contributed by atoms with Crippen LogP contribution < -0.4 is 0 Å². The zero-order valence-electron chi connectivity index (χ0n) is 22.6. The quantitative estimate of drug-likeness (QED) is 0.247. The molecule has 2 unspecified atom stereocenters. The molecule has 0 aliphatic heterocycles. The summed E-state index contributed by atoms with van der Waals surface area (Å²) in [6.07, 6.45) is 8.53. The van der Waals surface area contributed by atoms with Gasteiger partial charge in [0.1, 0.15) is 12.6 Å². The van der Waals surface area contributed by atoms with Crippen molar-refractivity contribution in [3.05, 3.63) is 117 Å². The van der Waals surface area contributed by atoms with Crippen LogP contribution in [0.2, 0.25) is 0 Å². The molecule has 0 fully saturated rings. The van der Waals surface area contributed by atoms with Crippen LogP contribution >= 0.6 is 0 Å². The van der Waals surface area contributed by atoms with Crippen LogP contribution in [0.1, 0.15) is 38.3 Å². The lowest BCUT2D eigenvalue weighted by molar-refractivity contribution is -0.124. The Bertz CT molecular complexity index is 1400. The first-order valence-corrected chi connectivity index (χ1v) is 12.9. The van der Waals surface area contributed by atoms with Crippen LogP contribution in [0.4, 0.5) is 0 Å². The van der Waals surface area contributed by atoms with Crippen LogP contribution in [0.15, 0.2) is 95.1 Å². The smallest absolute Gasteiger partial charge is 0.337 e. The van der Waals surface area contributed by atoms with Crippen molar-refractivity contribution in [1.82, 2.24) is 0 Å². The molecular weight excluding hydrogens is 524 g/mol. The van der Waals surface area contributed by atoms with Crippen molar-refractivity contribution in [3.63, 3.8) is 0 Å². The van der Waals surface area contributed by atoms with Crippen LogP contribution in [0, 0.1) is 11.8 Å². The molecule has 8 nitrogen and oxygen atoms in total. The van der Waals surface area contributed by atoms with Gasteiger partial charge >= 0.3 is 11.9 Å². The van der Waals surface area contributed by atoms with Crippen LogP contribution in [0.5, 0.6) is 0 Å². The maximum atomic E-state index is 13.2. The normalized spacial score (nSPS) is 18.4. The first kappa shape index (κ1) is 29.0. The van der Waals surface area contributed by atoms with Gasteiger partial charge in [0.2, 0.25) is 0 Å². The molecule has 2 aromatic carbocycles. The maximum Gasteiger partial charge on any atom is 0.337 e. The fraction of sp³-hybridized carbons (Fsp3) is 0.212. The van der Waals surface area contributed by atoms with Gasteiger partial charge in [-0.15, -0.1) is 0 Å². The molecule has 2 aliphatic carbocycles. The van der Waals surface area contributed by atoms with E-state index in [1.165, 1.54) is 14.2 Å².